The molecule has 0 radical (unpaired) electrons. The Labute approximate surface area is 118 Å². The average Bonchev–Trinajstić information content (AvgIpc) is 2.41. The fourth-order valence-electron chi connectivity index (χ4n) is 1.85. The zero-order valence-corrected chi connectivity index (χ0v) is 12.5. The molecule has 0 aliphatic carbocycles. The molecule has 0 rings (SSSR count). The van der Waals surface area contributed by atoms with E-state index in [2.05, 4.69) is 13.5 Å². The number of unbranched alkanes of at least 4 members (excludes halogenated alkanes) is 8. The van der Waals surface area contributed by atoms with Crippen LogP contribution in [0.2, 0.25) is 0 Å². The summed E-state index contributed by atoms with van der Waals surface area (Å²) in [5.41, 5.74) is 0. The smallest absolute Gasteiger partial charge is 0.310 e. The van der Waals surface area contributed by atoms with Crippen molar-refractivity contribution in [1.29, 1.82) is 0 Å². The van der Waals surface area contributed by atoms with Crippen LogP contribution in [-0.4, -0.2) is 5.97 Å². The van der Waals surface area contributed by atoms with E-state index >= 15 is 0 Å². The largest absolute Gasteiger partial charge is 0.435 e. The van der Waals surface area contributed by atoms with Gasteiger partial charge in [0.25, 0.3) is 0 Å². The van der Waals surface area contributed by atoms with E-state index in [4.69, 9.17) is 4.74 Å². The van der Waals surface area contributed by atoms with Crippen LogP contribution in [0.25, 0.3) is 0 Å². The Hall–Kier alpha value is -1.05. The van der Waals surface area contributed by atoms with E-state index in [9.17, 15) is 4.79 Å². The maximum absolute atomic E-state index is 11.4. The molecular weight excluding hydrogens is 236 g/mol. The van der Waals surface area contributed by atoms with Crippen LogP contribution in [0.3, 0.4) is 0 Å². The molecule has 0 bridgehead atoms. The molecule has 0 amide bonds. The summed E-state index contributed by atoms with van der Waals surface area (Å²) in [6.07, 6.45) is 17.5. The van der Waals surface area contributed by atoms with Gasteiger partial charge in [0.05, 0.1) is 6.26 Å². The van der Waals surface area contributed by atoms with Gasteiger partial charge in [0.1, 0.15) is 0 Å². The Morgan fingerprint density at radius 2 is 1.68 bits per heavy atom. The summed E-state index contributed by atoms with van der Waals surface area (Å²) in [5.74, 6) is -0.0992. The molecule has 0 aliphatic heterocycles. The van der Waals surface area contributed by atoms with Gasteiger partial charge in [0.2, 0.25) is 0 Å². The van der Waals surface area contributed by atoms with Crippen molar-refractivity contribution in [3.63, 3.8) is 0 Å². The number of ether oxygens (including phenoxy) is 1. The number of hydrogen-bond donors (Lipinski definition) is 0. The van der Waals surface area contributed by atoms with Gasteiger partial charge in [-0.2, -0.15) is 0 Å². The summed E-state index contributed by atoms with van der Waals surface area (Å²) in [6.45, 7) is 5.88. The molecule has 0 atom stereocenters. The molecule has 0 aromatic heterocycles. The van der Waals surface area contributed by atoms with E-state index in [-0.39, 0.29) is 5.97 Å². The number of esters is 1. The average molecular weight is 266 g/mol. The summed E-state index contributed by atoms with van der Waals surface area (Å²) in [6, 6.07) is 0. The van der Waals surface area contributed by atoms with Crippen LogP contribution in [0, 0.1) is 0 Å². The molecule has 0 fully saturated rings. The minimum atomic E-state index is -0.0992. The molecule has 0 unspecified atom stereocenters. The molecule has 110 valence electrons. The van der Waals surface area contributed by atoms with Gasteiger partial charge in [-0.3, -0.25) is 4.79 Å². The summed E-state index contributed by atoms with van der Waals surface area (Å²) < 4.78 is 5.03. The van der Waals surface area contributed by atoms with Crippen molar-refractivity contribution in [1.82, 2.24) is 0 Å². The Morgan fingerprint density at radius 3 is 2.42 bits per heavy atom. The molecule has 0 aromatic rings. The summed E-state index contributed by atoms with van der Waals surface area (Å²) in [7, 11) is 0. The van der Waals surface area contributed by atoms with Crippen LogP contribution >= 0.6 is 0 Å². The number of carbonyl (C=O) groups is 1. The van der Waals surface area contributed by atoms with Crippen molar-refractivity contribution in [3.05, 3.63) is 25.0 Å². The number of carbonyl (C=O) groups excluding carboxylic acids is 1. The van der Waals surface area contributed by atoms with Gasteiger partial charge in [-0.05, 0) is 38.2 Å². The van der Waals surface area contributed by atoms with Crippen molar-refractivity contribution >= 4 is 5.97 Å². The lowest BCUT2D eigenvalue weighted by Gasteiger charge is -2.00. The molecular formula is C17H30O2. The van der Waals surface area contributed by atoms with Crippen molar-refractivity contribution in [2.24, 2.45) is 0 Å². The Balaban J connectivity index is 3.27. The molecule has 0 aromatic carbocycles. The van der Waals surface area contributed by atoms with Crippen molar-refractivity contribution in [2.75, 3.05) is 0 Å². The van der Waals surface area contributed by atoms with Gasteiger partial charge in [-0.25, -0.2) is 0 Å². The zero-order valence-electron chi connectivity index (χ0n) is 12.5. The van der Waals surface area contributed by atoms with Gasteiger partial charge in [-0.1, -0.05) is 45.1 Å². The second-order valence-corrected chi connectivity index (χ2v) is 4.95. The highest BCUT2D eigenvalue weighted by atomic mass is 16.5. The van der Waals surface area contributed by atoms with E-state index in [0.29, 0.717) is 6.42 Å². The third-order valence-electron chi connectivity index (χ3n) is 3.06. The maximum Gasteiger partial charge on any atom is 0.310 e. The minimum Gasteiger partial charge on any atom is -0.435 e. The fraction of sp³-hybridized carbons (Fsp3) is 0.706. The highest BCUT2D eigenvalue weighted by Gasteiger charge is 2.00. The molecule has 0 spiro atoms. The molecule has 0 heterocycles. The van der Waals surface area contributed by atoms with Crippen molar-refractivity contribution in [2.45, 2.75) is 77.6 Å². The highest BCUT2D eigenvalue weighted by molar-refractivity contribution is 5.69. The lowest BCUT2D eigenvalue weighted by molar-refractivity contribution is -0.138. The molecule has 0 saturated heterocycles. The summed E-state index contributed by atoms with van der Waals surface area (Å²) in [5, 5.41) is 0. The van der Waals surface area contributed by atoms with Crippen LogP contribution in [-0.2, 0) is 9.53 Å². The molecule has 0 N–H and O–H groups in total. The lowest BCUT2D eigenvalue weighted by atomic mass is 10.1. The quantitative estimate of drug-likeness (QED) is 0.189. The second kappa shape index (κ2) is 15.0. The van der Waals surface area contributed by atoms with Crippen molar-refractivity contribution in [3.8, 4) is 0 Å². The first-order valence-corrected chi connectivity index (χ1v) is 7.76. The Bertz CT molecular complexity index is 244. The predicted molar refractivity (Wildman–Crippen MR) is 81.9 cm³/mol. The van der Waals surface area contributed by atoms with Crippen LogP contribution in [0.5, 0.6) is 0 Å². The van der Waals surface area contributed by atoms with Gasteiger partial charge in [0, 0.05) is 6.42 Å². The third-order valence-corrected chi connectivity index (χ3v) is 3.06. The molecule has 0 saturated carbocycles. The van der Waals surface area contributed by atoms with Gasteiger partial charge in [0.15, 0.2) is 0 Å². The standard InChI is InChI=1S/C17H30O2/c1-3-5-7-9-10-11-13-15-17(18)19-16-14-12-8-6-4-2/h3,14,16H,1,4-13,15H2,2H3/b16-14+. The van der Waals surface area contributed by atoms with E-state index in [0.717, 1.165) is 25.7 Å². The van der Waals surface area contributed by atoms with E-state index < -0.39 is 0 Å². The van der Waals surface area contributed by atoms with E-state index in [1.165, 1.54) is 38.5 Å². The predicted octanol–water partition coefficient (Wildman–Crippen LogP) is 5.54. The van der Waals surface area contributed by atoms with Crippen molar-refractivity contribution < 1.29 is 9.53 Å². The first kappa shape index (κ1) is 17.9. The number of hydrogen-bond acceptors (Lipinski definition) is 2. The molecule has 2 heteroatoms. The summed E-state index contributed by atoms with van der Waals surface area (Å²) >= 11 is 0. The highest BCUT2D eigenvalue weighted by Crippen LogP contribution is 2.08. The van der Waals surface area contributed by atoms with Gasteiger partial charge in [-0.15, -0.1) is 6.58 Å². The second-order valence-electron chi connectivity index (χ2n) is 4.95. The lowest BCUT2D eigenvalue weighted by Crippen LogP contribution is -1.98. The number of rotatable bonds is 13. The normalized spacial score (nSPS) is 10.8. The maximum atomic E-state index is 11.4. The third kappa shape index (κ3) is 14.9. The van der Waals surface area contributed by atoms with E-state index in [1.807, 2.05) is 12.2 Å². The minimum absolute atomic E-state index is 0.0992. The Kier molecular flexibility index (Phi) is 14.2. The first-order chi connectivity index (χ1) is 9.31. The SMILES string of the molecule is C=CCCCCCCCC(=O)O/C=C/CCCCC. The van der Waals surface area contributed by atoms with Gasteiger partial charge >= 0.3 is 5.97 Å². The summed E-state index contributed by atoms with van der Waals surface area (Å²) in [4.78, 5) is 11.4. The fourth-order valence-corrected chi connectivity index (χ4v) is 1.85. The monoisotopic (exact) mass is 266 g/mol. The molecule has 0 aliphatic rings. The molecule has 19 heavy (non-hydrogen) atoms. The van der Waals surface area contributed by atoms with Gasteiger partial charge < -0.3 is 4.74 Å². The Morgan fingerprint density at radius 1 is 1.00 bits per heavy atom. The molecule has 2 nitrogen and oxygen atoms in total. The number of allylic oxidation sites excluding steroid dienone is 2. The first-order valence-electron chi connectivity index (χ1n) is 7.76. The topological polar surface area (TPSA) is 26.3 Å². The zero-order chi connectivity index (χ0) is 14.2. The van der Waals surface area contributed by atoms with Crippen LogP contribution in [0.4, 0.5) is 0 Å². The van der Waals surface area contributed by atoms with Crippen LogP contribution in [0.15, 0.2) is 25.0 Å². The van der Waals surface area contributed by atoms with Crippen LogP contribution < -0.4 is 0 Å². The van der Waals surface area contributed by atoms with E-state index in [1.54, 1.807) is 6.26 Å². The van der Waals surface area contributed by atoms with Crippen LogP contribution in [0.1, 0.15) is 77.6 Å².